The third-order valence-electron chi connectivity index (χ3n) is 1.91. The number of hydrogen-bond donors (Lipinski definition) is 1. The molecule has 0 bridgehead atoms. The summed E-state index contributed by atoms with van der Waals surface area (Å²) in [6.45, 7) is 3.52. The zero-order valence-electron chi connectivity index (χ0n) is 9.19. The summed E-state index contributed by atoms with van der Waals surface area (Å²) >= 11 is 3.24. The van der Waals surface area contributed by atoms with Gasteiger partial charge in [-0.2, -0.15) is 0 Å². The van der Waals surface area contributed by atoms with Crippen molar-refractivity contribution in [3.05, 3.63) is 16.6 Å². The maximum absolute atomic E-state index is 5.04. The first kappa shape index (κ1) is 11.5. The van der Waals surface area contributed by atoms with E-state index in [-0.39, 0.29) is 0 Å². The summed E-state index contributed by atoms with van der Waals surface area (Å²) in [5.74, 6) is 0. The molecule has 0 aliphatic rings. The van der Waals surface area contributed by atoms with Crippen LogP contribution in [0.3, 0.4) is 0 Å². The number of methoxy groups -OCH3 is 1. The minimum absolute atomic E-state index is 0.564. The highest BCUT2D eigenvalue weighted by Gasteiger charge is 2.08. The monoisotopic (exact) mass is 255 g/mol. The number of thiazole rings is 2. The summed E-state index contributed by atoms with van der Waals surface area (Å²) in [4.78, 5) is 9.85. The van der Waals surface area contributed by atoms with E-state index in [1.807, 2.05) is 11.6 Å². The van der Waals surface area contributed by atoms with E-state index in [9.17, 15) is 0 Å². The van der Waals surface area contributed by atoms with Crippen molar-refractivity contribution < 1.29 is 4.74 Å². The topological polar surface area (TPSA) is 47.0 Å². The highest BCUT2D eigenvalue weighted by Crippen LogP contribution is 2.29. The lowest BCUT2D eigenvalue weighted by atomic mass is 10.4. The number of anilines is 1. The molecule has 0 atom stereocenters. The van der Waals surface area contributed by atoms with Crippen molar-refractivity contribution in [1.82, 2.24) is 9.97 Å². The Morgan fingerprint density at radius 2 is 2.38 bits per heavy atom. The largest absolute Gasteiger partial charge is 0.378 e. The molecule has 4 nitrogen and oxygen atoms in total. The molecule has 0 saturated heterocycles. The molecule has 6 heteroatoms. The van der Waals surface area contributed by atoms with Crippen molar-refractivity contribution in [3.63, 3.8) is 0 Å². The minimum atomic E-state index is 0.564. The second-order valence-corrected chi connectivity index (χ2v) is 5.09. The van der Waals surface area contributed by atoms with Crippen LogP contribution in [-0.2, 0) is 11.3 Å². The maximum atomic E-state index is 5.04. The predicted molar refractivity (Wildman–Crippen MR) is 68.1 cm³/mol. The van der Waals surface area contributed by atoms with Gasteiger partial charge in [-0.3, -0.25) is 0 Å². The number of rotatable bonds is 5. The summed E-state index contributed by atoms with van der Waals surface area (Å²) in [6, 6.07) is 0. The predicted octanol–water partition coefficient (Wildman–Crippen LogP) is 2.84. The molecule has 2 heterocycles. The standard InChI is InChI=1S/C10H13N3OS2/c1-3-11-10-13-7(6-15-10)8-4-12-9(16-8)5-14-2/h4,6H,3,5H2,1-2H3,(H,11,13). The minimum Gasteiger partial charge on any atom is -0.378 e. The third-order valence-corrected chi connectivity index (χ3v) is 3.70. The molecule has 2 aromatic heterocycles. The van der Waals surface area contributed by atoms with Gasteiger partial charge >= 0.3 is 0 Å². The first-order valence-electron chi connectivity index (χ1n) is 4.97. The van der Waals surface area contributed by atoms with E-state index >= 15 is 0 Å². The first-order valence-corrected chi connectivity index (χ1v) is 6.66. The maximum Gasteiger partial charge on any atom is 0.183 e. The Hall–Kier alpha value is -0.980. The van der Waals surface area contributed by atoms with Crippen LogP contribution in [0, 0.1) is 0 Å². The second-order valence-electron chi connectivity index (χ2n) is 3.12. The van der Waals surface area contributed by atoms with Crippen molar-refractivity contribution in [1.29, 1.82) is 0 Å². The molecule has 0 aliphatic carbocycles. The molecule has 0 aromatic carbocycles. The summed E-state index contributed by atoms with van der Waals surface area (Å²) in [5, 5.41) is 7.18. The smallest absolute Gasteiger partial charge is 0.183 e. The Morgan fingerprint density at radius 3 is 3.12 bits per heavy atom. The van der Waals surface area contributed by atoms with Crippen LogP contribution in [0.15, 0.2) is 11.6 Å². The fraction of sp³-hybridized carbons (Fsp3) is 0.400. The van der Waals surface area contributed by atoms with E-state index in [2.05, 4.69) is 22.2 Å². The molecule has 0 saturated carbocycles. The summed E-state index contributed by atoms with van der Waals surface area (Å²) in [6.07, 6.45) is 1.85. The number of nitrogens with one attached hydrogen (secondary N) is 1. The van der Waals surface area contributed by atoms with Gasteiger partial charge in [-0.05, 0) is 6.92 Å². The van der Waals surface area contributed by atoms with Gasteiger partial charge in [0.2, 0.25) is 0 Å². The third kappa shape index (κ3) is 2.58. The second kappa shape index (κ2) is 5.38. The van der Waals surface area contributed by atoms with Crippen LogP contribution in [0.25, 0.3) is 10.6 Å². The van der Waals surface area contributed by atoms with Gasteiger partial charge in [-0.1, -0.05) is 0 Å². The van der Waals surface area contributed by atoms with E-state index in [1.165, 1.54) is 0 Å². The number of hydrogen-bond acceptors (Lipinski definition) is 6. The van der Waals surface area contributed by atoms with E-state index in [0.717, 1.165) is 27.3 Å². The van der Waals surface area contributed by atoms with Gasteiger partial charge in [-0.25, -0.2) is 9.97 Å². The van der Waals surface area contributed by atoms with Gasteiger partial charge in [-0.15, -0.1) is 22.7 Å². The SMILES string of the molecule is CCNc1nc(-c2cnc(COC)s2)cs1. The fourth-order valence-corrected chi connectivity index (χ4v) is 2.95. The fourth-order valence-electron chi connectivity index (χ4n) is 1.24. The molecule has 0 amide bonds. The molecule has 16 heavy (non-hydrogen) atoms. The van der Waals surface area contributed by atoms with E-state index in [0.29, 0.717) is 6.61 Å². The molecule has 0 fully saturated rings. The van der Waals surface area contributed by atoms with Gasteiger partial charge in [0, 0.05) is 25.2 Å². The van der Waals surface area contributed by atoms with Crippen LogP contribution in [0.5, 0.6) is 0 Å². The van der Waals surface area contributed by atoms with E-state index < -0.39 is 0 Å². The van der Waals surface area contributed by atoms with Crippen molar-refractivity contribution in [2.24, 2.45) is 0 Å². The van der Waals surface area contributed by atoms with Crippen LogP contribution in [0.1, 0.15) is 11.9 Å². The first-order chi connectivity index (χ1) is 7.83. The van der Waals surface area contributed by atoms with Gasteiger partial charge in [0.1, 0.15) is 5.01 Å². The van der Waals surface area contributed by atoms with Crippen molar-refractivity contribution in [3.8, 4) is 10.6 Å². The van der Waals surface area contributed by atoms with Crippen LogP contribution in [-0.4, -0.2) is 23.6 Å². The average Bonchev–Trinajstić information content (AvgIpc) is 2.87. The van der Waals surface area contributed by atoms with Crippen molar-refractivity contribution in [2.45, 2.75) is 13.5 Å². The summed E-state index contributed by atoms with van der Waals surface area (Å²) in [7, 11) is 1.67. The molecule has 1 N–H and O–H groups in total. The van der Waals surface area contributed by atoms with E-state index in [4.69, 9.17) is 4.74 Å². The average molecular weight is 255 g/mol. The van der Waals surface area contributed by atoms with Gasteiger partial charge in [0.05, 0.1) is 17.2 Å². The highest BCUT2D eigenvalue weighted by molar-refractivity contribution is 7.16. The molecule has 0 unspecified atom stereocenters. The normalized spacial score (nSPS) is 10.6. The quantitative estimate of drug-likeness (QED) is 0.892. The lowest BCUT2D eigenvalue weighted by Crippen LogP contribution is -1.94. The van der Waals surface area contributed by atoms with Crippen LogP contribution in [0.4, 0.5) is 5.13 Å². The molecular formula is C10H13N3OS2. The Balaban J connectivity index is 2.14. The van der Waals surface area contributed by atoms with Gasteiger partial charge in [0.15, 0.2) is 5.13 Å². The molecule has 0 spiro atoms. The van der Waals surface area contributed by atoms with Crippen molar-refractivity contribution in [2.75, 3.05) is 19.0 Å². The lowest BCUT2D eigenvalue weighted by Gasteiger charge is -1.93. The van der Waals surface area contributed by atoms with Gasteiger partial charge < -0.3 is 10.1 Å². The number of ether oxygens (including phenoxy) is 1. The molecule has 2 aromatic rings. The Labute approximate surface area is 102 Å². The molecule has 0 aliphatic heterocycles. The van der Waals surface area contributed by atoms with E-state index in [1.54, 1.807) is 29.8 Å². The summed E-state index contributed by atoms with van der Waals surface area (Å²) < 4.78 is 5.04. The van der Waals surface area contributed by atoms with Crippen LogP contribution < -0.4 is 5.32 Å². The van der Waals surface area contributed by atoms with Crippen molar-refractivity contribution >= 4 is 27.8 Å². The molecule has 0 radical (unpaired) electrons. The lowest BCUT2D eigenvalue weighted by molar-refractivity contribution is 0.184. The Bertz CT molecular complexity index is 410. The summed E-state index contributed by atoms with van der Waals surface area (Å²) in [5.41, 5.74) is 0.987. The van der Waals surface area contributed by atoms with Crippen LogP contribution in [0.2, 0.25) is 0 Å². The molecule has 86 valence electrons. The van der Waals surface area contributed by atoms with Crippen LogP contribution >= 0.6 is 22.7 Å². The zero-order chi connectivity index (χ0) is 11.4. The molecular weight excluding hydrogens is 242 g/mol. The highest BCUT2D eigenvalue weighted by atomic mass is 32.1. The zero-order valence-corrected chi connectivity index (χ0v) is 10.8. The Kier molecular flexibility index (Phi) is 3.87. The molecule has 2 rings (SSSR count). The Morgan fingerprint density at radius 1 is 1.50 bits per heavy atom. The number of nitrogens with zero attached hydrogens (tertiary/aromatic N) is 2. The van der Waals surface area contributed by atoms with Gasteiger partial charge in [0.25, 0.3) is 0 Å². The number of aromatic nitrogens is 2.